The minimum atomic E-state index is -0.795. The van der Waals surface area contributed by atoms with Crippen LogP contribution in [0.3, 0.4) is 0 Å². The molecule has 0 bridgehead atoms. The van der Waals surface area contributed by atoms with E-state index in [4.69, 9.17) is 0 Å². The molecule has 1 aliphatic heterocycles. The number of amides is 3. The third-order valence-corrected chi connectivity index (χ3v) is 8.54. The van der Waals surface area contributed by atoms with Gasteiger partial charge in [0.15, 0.2) is 0 Å². The minimum Gasteiger partial charge on any atom is -0.391 e. The van der Waals surface area contributed by atoms with Crippen LogP contribution in [0.2, 0.25) is 0 Å². The van der Waals surface area contributed by atoms with Crippen molar-refractivity contribution in [3.05, 3.63) is 41.0 Å². The number of rotatable bonds is 12. The van der Waals surface area contributed by atoms with Crippen molar-refractivity contribution in [1.29, 1.82) is 0 Å². The van der Waals surface area contributed by atoms with Crippen molar-refractivity contribution in [1.82, 2.24) is 20.5 Å². The molecule has 0 aliphatic carbocycles. The van der Waals surface area contributed by atoms with Gasteiger partial charge in [-0.25, -0.2) is 4.98 Å². The van der Waals surface area contributed by atoms with E-state index in [-0.39, 0.29) is 30.7 Å². The molecule has 8 nitrogen and oxygen atoms in total. The van der Waals surface area contributed by atoms with Crippen LogP contribution in [0.15, 0.2) is 29.8 Å². The predicted octanol–water partition coefficient (Wildman–Crippen LogP) is 4.57. The molecule has 1 aromatic heterocycles. The van der Waals surface area contributed by atoms with Gasteiger partial charge in [0.1, 0.15) is 12.1 Å². The number of halogens is 1. The zero-order chi connectivity index (χ0) is 28.6. The van der Waals surface area contributed by atoms with Crippen LogP contribution in [0.25, 0.3) is 10.4 Å². The minimum absolute atomic E-state index is 0.0643. The van der Waals surface area contributed by atoms with Gasteiger partial charge in [0.25, 0.3) is 0 Å². The van der Waals surface area contributed by atoms with Gasteiger partial charge in [0.05, 0.1) is 22.2 Å². The van der Waals surface area contributed by atoms with E-state index >= 15 is 0 Å². The number of hydrogen-bond acceptors (Lipinski definition) is 6. The Hall–Kier alpha value is -2.30. The molecule has 2 heterocycles. The summed E-state index contributed by atoms with van der Waals surface area (Å²) in [6.45, 7) is 8.03. The van der Waals surface area contributed by atoms with Crippen LogP contribution >= 0.6 is 27.3 Å². The fourth-order valence-corrected chi connectivity index (χ4v) is 5.96. The summed E-state index contributed by atoms with van der Waals surface area (Å²) in [7, 11) is 0. The Balaban J connectivity index is 1.61. The molecule has 1 saturated heterocycles. The average molecular weight is 622 g/mol. The van der Waals surface area contributed by atoms with E-state index in [0.717, 1.165) is 52.7 Å². The normalized spacial score (nSPS) is 18.2. The lowest BCUT2D eigenvalue weighted by molar-refractivity contribution is -0.144. The number of unbranched alkanes of at least 4 members (excludes halogenated alkanes) is 3. The summed E-state index contributed by atoms with van der Waals surface area (Å²) < 4.78 is 0. The number of alkyl halides is 1. The van der Waals surface area contributed by atoms with Crippen LogP contribution in [-0.2, 0) is 20.9 Å². The Morgan fingerprint density at radius 2 is 1.85 bits per heavy atom. The van der Waals surface area contributed by atoms with E-state index in [0.29, 0.717) is 13.0 Å². The summed E-state index contributed by atoms with van der Waals surface area (Å²) in [5, 5.41) is 17.2. The molecule has 0 saturated carbocycles. The fraction of sp³-hybridized carbons (Fsp3) is 0.586. The van der Waals surface area contributed by atoms with E-state index in [2.05, 4.69) is 31.5 Å². The van der Waals surface area contributed by atoms with Gasteiger partial charge < -0.3 is 20.6 Å². The van der Waals surface area contributed by atoms with Crippen molar-refractivity contribution in [2.75, 3.05) is 11.9 Å². The Kier molecular flexibility index (Phi) is 11.5. The number of carbonyl (C=O) groups excluding carboxylic acids is 3. The number of carbonyl (C=O) groups is 3. The molecule has 1 aliphatic rings. The zero-order valence-electron chi connectivity index (χ0n) is 23.3. The van der Waals surface area contributed by atoms with E-state index in [1.165, 1.54) is 4.90 Å². The molecule has 214 valence electrons. The number of β-amino-alcohol motifs (C(OH)–C–C–N with tert-alkyl or cyclic N) is 1. The number of aryl methyl sites for hydroxylation is 1. The summed E-state index contributed by atoms with van der Waals surface area (Å²) >= 11 is 5.01. The smallest absolute Gasteiger partial charge is 0.246 e. The molecular weight excluding hydrogens is 580 g/mol. The van der Waals surface area contributed by atoms with Crippen molar-refractivity contribution in [3.63, 3.8) is 0 Å². The van der Waals surface area contributed by atoms with E-state index in [1.807, 2.05) is 57.5 Å². The van der Waals surface area contributed by atoms with Crippen LogP contribution in [-0.4, -0.2) is 62.8 Å². The van der Waals surface area contributed by atoms with Gasteiger partial charge in [0.2, 0.25) is 17.7 Å². The maximum Gasteiger partial charge on any atom is 0.246 e. The van der Waals surface area contributed by atoms with Crippen molar-refractivity contribution >= 4 is 45.0 Å². The lowest BCUT2D eigenvalue weighted by Gasteiger charge is -2.35. The van der Waals surface area contributed by atoms with Crippen LogP contribution < -0.4 is 10.6 Å². The summed E-state index contributed by atoms with van der Waals surface area (Å²) in [6.07, 6.45) is 3.58. The second kappa shape index (κ2) is 14.4. The molecule has 0 spiro atoms. The Labute approximate surface area is 244 Å². The lowest BCUT2D eigenvalue weighted by atomic mass is 9.85. The van der Waals surface area contributed by atoms with E-state index < -0.39 is 23.6 Å². The molecule has 1 unspecified atom stereocenters. The maximum atomic E-state index is 13.7. The molecule has 39 heavy (non-hydrogen) atoms. The number of likely N-dealkylation sites (tertiary alicyclic amines) is 1. The number of benzene rings is 1. The molecule has 10 heteroatoms. The third kappa shape index (κ3) is 8.85. The highest BCUT2D eigenvalue weighted by Gasteiger charge is 2.44. The summed E-state index contributed by atoms with van der Waals surface area (Å²) in [6, 6.07) is 6.36. The number of nitrogens with zero attached hydrogens (tertiary/aromatic N) is 2. The monoisotopic (exact) mass is 620 g/mol. The number of aromatic nitrogens is 1. The number of nitrogens with one attached hydrogen (secondary N) is 2. The quantitative estimate of drug-likeness (QED) is 0.238. The van der Waals surface area contributed by atoms with Gasteiger partial charge >= 0.3 is 0 Å². The molecule has 3 rings (SSSR count). The first-order valence-corrected chi connectivity index (χ1v) is 15.6. The highest BCUT2D eigenvalue weighted by Crippen LogP contribution is 2.28. The number of aliphatic hydroxyl groups excluding tert-OH is 1. The number of hydrogen-bond donors (Lipinski definition) is 3. The topological polar surface area (TPSA) is 112 Å². The summed E-state index contributed by atoms with van der Waals surface area (Å²) in [5.74, 6) is -0.816. The van der Waals surface area contributed by atoms with Crippen molar-refractivity contribution in [2.24, 2.45) is 5.41 Å². The summed E-state index contributed by atoms with van der Waals surface area (Å²) in [4.78, 5) is 46.4. The zero-order valence-corrected chi connectivity index (χ0v) is 25.7. The second-order valence-corrected chi connectivity index (χ2v) is 12.9. The largest absolute Gasteiger partial charge is 0.391 e. The summed E-state index contributed by atoms with van der Waals surface area (Å²) in [5.41, 5.74) is 4.26. The van der Waals surface area contributed by atoms with Crippen LogP contribution in [0.5, 0.6) is 0 Å². The van der Waals surface area contributed by atoms with Crippen LogP contribution in [0.1, 0.15) is 70.6 Å². The first kappa shape index (κ1) is 31.2. The number of aliphatic hydroxyl groups is 1. The van der Waals surface area contributed by atoms with Gasteiger partial charge in [-0.2, -0.15) is 0 Å². The van der Waals surface area contributed by atoms with Crippen molar-refractivity contribution < 1.29 is 19.5 Å². The van der Waals surface area contributed by atoms with Crippen LogP contribution in [0, 0.1) is 12.3 Å². The number of thiazole rings is 1. The molecule has 2 aromatic rings. The van der Waals surface area contributed by atoms with E-state index in [1.54, 1.807) is 11.3 Å². The molecule has 3 atom stereocenters. The first-order chi connectivity index (χ1) is 18.5. The SMILES string of the molecule is Cc1ncsc1-c1ccc(CNC(=O)[C@@H]2C[C@@H](O)CN2C(=O)C(NC(=O)CCCCCCBr)C(C)(C)C)cc1. The molecule has 3 amide bonds. The molecule has 3 N–H and O–H groups in total. The predicted molar refractivity (Wildman–Crippen MR) is 159 cm³/mol. The van der Waals surface area contributed by atoms with Crippen molar-refractivity contribution in [3.8, 4) is 10.4 Å². The molecule has 1 fully saturated rings. The maximum absolute atomic E-state index is 13.7. The average Bonchev–Trinajstić information content (AvgIpc) is 3.50. The standard InChI is InChI=1S/C29H41BrN4O4S/c1-19-25(39-18-32-19)21-12-10-20(11-13-21)16-31-27(37)23-15-22(35)17-34(23)28(38)26(29(2,3)4)33-24(36)9-7-5-6-8-14-30/h10-13,18,22-23,26,35H,5-9,14-17H2,1-4H3,(H,31,37)(H,33,36)/t22-,23+,26?/m1/s1. The molecule has 1 aromatic carbocycles. The Bertz CT molecular complexity index is 1120. The lowest BCUT2D eigenvalue weighted by Crippen LogP contribution is -2.57. The fourth-order valence-electron chi connectivity index (χ4n) is 4.75. The van der Waals surface area contributed by atoms with Gasteiger partial charge in [-0.1, -0.05) is 73.8 Å². The second-order valence-electron chi connectivity index (χ2n) is 11.3. The third-order valence-electron chi connectivity index (χ3n) is 7.00. The van der Waals surface area contributed by atoms with Gasteiger partial charge in [-0.05, 0) is 36.3 Å². The Morgan fingerprint density at radius 3 is 2.46 bits per heavy atom. The van der Waals surface area contributed by atoms with E-state index in [9.17, 15) is 19.5 Å². The first-order valence-electron chi connectivity index (χ1n) is 13.6. The van der Waals surface area contributed by atoms with Gasteiger partial charge in [-0.3, -0.25) is 14.4 Å². The highest BCUT2D eigenvalue weighted by molar-refractivity contribution is 9.09. The highest BCUT2D eigenvalue weighted by atomic mass is 79.9. The Morgan fingerprint density at radius 1 is 1.15 bits per heavy atom. The van der Waals surface area contributed by atoms with Crippen molar-refractivity contribution in [2.45, 2.75) is 91.0 Å². The van der Waals surface area contributed by atoms with Gasteiger partial charge in [-0.15, -0.1) is 11.3 Å². The van der Waals surface area contributed by atoms with Gasteiger partial charge in [0, 0.05) is 31.3 Å². The molecule has 0 radical (unpaired) electrons. The van der Waals surface area contributed by atoms with Crippen LogP contribution in [0.4, 0.5) is 0 Å². The molecular formula is C29H41BrN4O4S.